The second-order valence-electron chi connectivity index (χ2n) is 10.1. The molecule has 4 rings (SSSR count). The van der Waals surface area contributed by atoms with Crippen molar-refractivity contribution in [2.45, 2.75) is 40.3 Å². The SMILES string of the molecule is CCN(CC)CC(=O)N1CCN(Cc2ccccc2)CCCN(C(C)=O)c2ccc(-c3cccnc3)cc2C1. The van der Waals surface area contributed by atoms with Crippen LogP contribution in [-0.2, 0) is 22.7 Å². The average molecular weight is 528 g/mol. The summed E-state index contributed by atoms with van der Waals surface area (Å²) in [6, 6.07) is 20.6. The molecule has 7 nitrogen and oxygen atoms in total. The summed E-state index contributed by atoms with van der Waals surface area (Å²) >= 11 is 0. The molecule has 2 amide bonds. The lowest BCUT2D eigenvalue weighted by Gasteiger charge is -2.30. The summed E-state index contributed by atoms with van der Waals surface area (Å²) in [5, 5.41) is 0. The highest BCUT2D eigenvalue weighted by atomic mass is 16.2. The molecule has 2 heterocycles. The Morgan fingerprint density at radius 2 is 1.69 bits per heavy atom. The first-order valence-corrected chi connectivity index (χ1v) is 14.1. The molecule has 0 radical (unpaired) electrons. The molecule has 3 aromatic rings. The van der Waals surface area contributed by atoms with Crippen LogP contribution in [0.4, 0.5) is 5.69 Å². The number of aromatic nitrogens is 1. The molecule has 39 heavy (non-hydrogen) atoms. The summed E-state index contributed by atoms with van der Waals surface area (Å²) in [5.41, 5.74) is 5.16. The Hall–Kier alpha value is -3.55. The zero-order chi connectivity index (χ0) is 27.6. The second-order valence-corrected chi connectivity index (χ2v) is 10.1. The molecule has 7 heteroatoms. The van der Waals surface area contributed by atoms with Gasteiger partial charge in [-0.05, 0) is 60.0 Å². The van der Waals surface area contributed by atoms with Crippen molar-refractivity contribution < 1.29 is 9.59 Å². The normalized spacial score (nSPS) is 15.1. The van der Waals surface area contributed by atoms with Gasteiger partial charge in [-0.25, -0.2) is 0 Å². The molecule has 0 N–H and O–H groups in total. The molecule has 0 saturated heterocycles. The van der Waals surface area contributed by atoms with E-state index >= 15 is 0 Å². The van der Waals surface area contributed by atoms with Gasteiger partial charge in [-0.3, -0.25) is 24.4 Å². The number of pyridine rings is 1. The molecule has 1 aromatic heterocycles. The van der Waals surface area contributed by atoms with Crippen molar-refractivity contribution in [2.24, 2.45) is 0 Å². The molecule has 0 aliphatic carbocycles. The van der Waals surface area contributed by atoms with Crippen molar-refractivity contribution >= 4 is 17.5 Å². The third-order valence-electron chi connectivity index (χ3n) is 7.50. The maximum atomic E-state index is 13.7. The first kappa shape index (κ1) is 28.5. The number of hydrogen-bond acceptors (Lipinski definition) is 5. The molecular weight excluding hydrogens is 486 g/mol. The van der Waals surface area contributed by atoms with Crippen molar-refractivity contribution in [1.82, 2.24) is 19.7 Å². The molecule has 0 spiro atoms. The van der Waals surface area contributed by atoms with Crippen LogP contribution in [0.15, 0.2) is 73.1 Å². The summed E-state index contributed by atoms with van der Waals surface area (Å²) in [6.07, 6.45) is 4.46. The summed E-state index contributed by atoms with van der Waals surface area (Å²) < 4.78 is 0. The average Bonchev–Trinajstić information content (AvgIpc) is 2.99. The molecule has 1 aliphatic rings. The van der Waals surface area contributed by atoms with E-state index in [-0.39, 0.29) is 11.8 Å². The molecule has 0 bridgehead atoms. The maximum absolute atomic E-state index is 13.7. The van der Waals surface area contributed by atoms with E-state index in [1.807, 2.05) is 40.3 Å². The molecule has 2 aromatic carbocycles. The zero-order valence-corrected chi connectivity index (χ0v) is 23.6. The minimum Gasteiger partial charge on any atom is -0.336 e. The van der Waals surface area contributed by atoms with E-state index in [1.165, 1.54) is 5.56 Å². The predicted molar refractivity (Wildman–Crippen MR) is 157 cm³/mol. The number of carbonyl (C=O) groups excluding carboxylic acids is 2. The van der Waals surface area contributed by atoms with Gasteiger partial charge in [0.25, 0.3) is 0 Å². The van der Waals surface area contributed by atoms with E-state index in [0.29, 0.717) is 26.2 Å². The van der Waals surface area contributed by atoms with Crippen LogP contribution in [0.5, 0.6) is 0 Å². The minimum atomic E-state index is 0.0141. The molecule has 0 atom stereocenters. The van der Waals surface area contributed by atoms with Gasteiger partial charge < -0.3 is 9.80 Å². The maximum Gasteiger partial charge on any atom is 0.237 e. The Labute approximate surface area is 233 Å². The van der Waals surface area contributed by atoms with Gasteiger partial charge in [-0.15, -0.1) is 0 Å². The summed E-state index contributed by atoms with van der Waals surface area (Å²) in [6.45, 7) is 12.0. The van der Waals surface area contributed by atoms with Gasteiger partial charge in [0.2, 0.25) is 11.8 Å². The lowest BCUT2D eigenvalue weighted by Crippen LogP contribution is -2.43. The van der Waals surface area contributed by atoms with Crippen molar-refractivity contribution in [3.05, 3.63) is 84.2 Å². The Balaban J connectivity index is 1.70. The number of hydrogen-bond donors (Lipinski definition) is 0. The van der Waals surface area contributed by atoms with Crippen molar-refractivity contribution in [1.29, 1.82) is 0 Å². The van der Waals surface area contributed by atoms with Gasteiger partial charge >= 0.3 is 0 Å². The van der Waals surface area contributed by atoms with E-state index in [2.05, 4.69) is 65.0 Å². The van der Waals surface area contributed by atoms with Gasteiger partial charge in [-0.2, -0.15) is 0 Å². The van der Waals surface area contributed by atoms with Gasteiger partial charge in [0.1, 0.15) is 0 Å². The van der Waals surface area contributed by atoms with E-state index < -0.39 is 0 Å². The molecular formula is C32H41N5O2. The Bertz CT molecular complexity index is 1210. The second kappa shape index (κ2) is 14.0. The van der Waals surface area contributed by atoms with Crippen LogP contribution in [0.3, 0.4) is 0 Å². The number of likely N-dealkylation sites (N-methyl/N-ethyl adjacent to an activating group) is 1. The zero-order valence-electron chi connectivity index (χ0n) is 23.6. The summed E-state index contributed by atoms with van der Waals surface area (Å²) in [5.74, 6) is 0.130. The quantitative estimate of drug-likeness (QED) is 0.447. The van der Waals surface area contributed by atoms with Crippen molar-refractivity contribution in [3.8, 4) is 11.1 Å². The summed E-state index contributed by atoms with van der Waals surface area (Å²) in [7, 11) is 0. The number of nitrogens with zero attached hydrogens (tertiary/aromatic N) is 5. The van der Waals surface area contributed by atoms with Gasteiger partial charge in [-0.1, -0.05) is 56.3 Å². The topological polar surface area (TPSA) is 60.0 Å². The first-order chi connectivity index (χ1) is 19.0. The lowest BCUT2D eigenvalue weighted by molar-refractivity contribution is -0.133. The molecule has 0 unspecified atom stereocenters. The van der Waals surface area contributed by atoms with E-state index in [4.69, 9.17) is 0 Å². The fourth-order valence-corrected chi connectivity index (χ4v) is 5.20. The largest absolute Gasteiger partial charge is 0.336 e. The van der Waals surface area contributed by atoms with Crippen LogP contribution in [-0.4, -0.2) is 77.3 Å². The number of carbonyl (C=O) groups is 2. The third kappa shape index (κ3) is 7.74. The minimum absolute atomic E-state index is 0.0141. The number of anilines is 1. The fourth-order valence-electron chi connectivity index (χ4n) is 5.20. The smallest absolute Gasteiger partial charge is 0.237 e. The fraction of sp³-hybridized carbons (Fsp3) is 0.406. The van der Waals surface area contributed by atoms with Crippen molar-refractivity contribution in [2.75, 3.05) is 50.7 Å². The standard InChI is InChI=1S/C32H41N5O2/c1-4-34(5-2)25-32(39)36-20-19-35(23-27-11-7-6-8-12-27)17-10-18-37(26(3)38)31-15-14-28(21-30(31)24-36)29-13-9-16-33-22-29/h6-9,11-16,21-22H,4-5,10,17-20,23-25H2,1-3H3. The molecule has 1 aliphatic heterocycles. The molecule has 206 valence electrons. The highest BCUT2D eigenvalue weighted by Crippen LogP contribution is 2.29. The van der Waals surface area contributed by atoms with Crippen LogP contribution < -0.4 is 4.90 Å². The Morgan fingerprint density at radius 1 is 0.897 bits per heavy atom. The van der Waals surface area contributed by atoms with Crippen LogP contribution in [0.25, 0.3) is 11.1 Å². The third-order valence-corrected chi connectivity index (χ3v) is 7.50. The van der Waals surface area contributed by atoms with E-state index in [0.717, 1.165) is 61.5 Å². The van der Waals surface area contributed by atoms with Crippen LogP contribution in [0.2, 0.25) is 0 Å². The van der Waals surface area contributed by atoms with Crippen LogP contribution in [0, 0.1) is 0 Å². The molecule has 0 fully saturated rings. The highest BCUT2D eigenvalue weighted by molar-refractivity contribution is 5.93. The van der Waals surface area contributed by atoms with Crippen LogP contribution >= 0.6 is 0 Å². The van der Waals surface area contributed by atoms with Crippen LogP contribution in [0.1, 0.15) is 38.3 Å². The van der Waals surface area contributed by atoms with Gasteiger partial charge in [0.15, 0.2) is 0 Å². The molecule has 0 saturated carbocycles. The number of amides is 2. The first-order valence-electron chi connectivity index (χ1n) is 14.1. The Morgan fingerprint density at radius 3 is 2.38 bits per heavy atom. The monoisotopic (exact) mass is 527 g/mol. The predicted octanol–water partition coefficient (Wildman–Crippen LogP) is 4.68. The number of fused-ring (bicyclic) bond motifs is 1. The van der Waals surface area contributed by atoms with Gasteiger partial charge in [0.05, 0.1) is 6.54 Å². The number of benzene rings is 2. The highest BCUT2D eigenvalue weighted by Gasteiger charge is 2.24. The van der Waals surface area contributed by atoms with Crippen molar-refractivity contribution in [3.63, 3.8) is 0 Å². The van der Waals surface area contributed by atoms with Gasteiger partial charge in [0, 0.05) is 64.3 Å². The Kier molecular flexibility index (Phi) is 10.2. The summed E-state index contributed by atoms with van der Waals surface area (Å²) in [4.78, 5) is 39.3. The van der Waals surface area contributed by atoms with E-state index in [9.17, 15) is 9.59 Å². The lowest BCUT2D eigenvalue weighted by atomic mass is 10.0. The number of rotatable bonds is 7. The van der Waals surface area contributed by atoms with E-state index in [1.54, 1.807) is 13.1 Å².